The molecule has 15 heavy (non-hydrogen) atoms. The van der Waals surface area contributed by atoms with Crippen molar-refractivity contribution < 1.29 is 4.74 Å². The normalized spacial score (nSPS) is 20.3. The number of morpholine rings is 1. The minimum atomic E-state index is -0.0247. The zero-order chi connectivity index (χ0) is 10.9. The quantitative estimate of drug-likeness (QED) is 0.698. The fourth-order valence-electron chi connectivity index (χ4n) is 1.99. The molecule has 0 aromatic heterocycles. The molecule has 1 aromatic rings. The molecule has 0 spiro atoms. The second-order valence-electron chi connectivity index (χ2n) is 4.87. The van der Waals surface area contributed by atoms with E-state index in [2.05, 4.69) is 49.9 Å². The van der Waals surface area contributed by atoms with Crippen LogP contribution >= 0.6 is 0 Å². The van der Waals surface area contributed by atoms with E-state index < -0.39 is 0 Å². The Kier molecular flexibility index (Phi) is 2.70. The van der Waals surface area contributed by atoms with E-state index in [-0.39, 0.29) is 5.60 Å². The summed E-state index contributed by atoms with van der Waals surface area (Å²) in [4.78, 5) is 2.39. The van der Waals surface area contributed by atoms with Gasteiger partial charge < -0.3 is 9.64 Å². The predicted octanol–water partition coefficient (Wildman–Crippen LogP) is 2.61. The fraction of sp³-hybridized carbons (Fsp3) is 0.538. The van der Waals surface area contributed by atoms with Crippen LogP contribution in [0.25, 0.3) is 0 Å². The van der Waals surface area contributed by atoms with Crippen LogP contribution in [0.1, 0.15) is 19.4 Å². The van der Waals surface area contributed by atoms with Crippen LogP contribution in [0.15, 0.2) is 24.3 Å². The molecule has 1 saturated heterocycles. The maximum atomic E-state index is 5.70. The van der Waals surface area contributed by atoms with E-state index in [0.29, 0.717) is 0 Å². The highest BCUT2D eigenvalue weighted by Gasteiger charge is 2.27. The van der Waals surface area contributed by atoms with Crippen molar-refractivity contribution in [2.45, 2.75) is 26.4 Å². The summed E-state index contributed by atoms with van der Waals surface area (Å²) >= 11 is 0. The van der Waals surface area contributed by atoms with Gasteiger partial charge in [-0.2, -0.15) is 0 Å². The number of aryl methyl sites for hydroxylation is 1. The molecule has 0 N–H and O–H groups in total. The number of anilines is 1. The molecular formula is C13H19NO. The lowest BCUT2D eigenvalue weighted by Gasteiger charge is -2.39. The van der Waals surface area contributed by atoms with Crippen molar-refractivity contribution in [3.8, 4) is 0 Å². The average molecular weight is 205 g/mol. The van der Waals surface area contributed by atoms with Crippen molar-refractivity contribution in [1.82, 2.24) is 0 Å². The lowest BCUT2D eigenvalue weighted by molar-refractivity contribution is -0.0276. The minimum Gasteiger partial charge on any atom is -0.372 e. The summed E-state index contributed by atoms with van der Waals surface area (Å²) in [5, 5.41) is 0. The molecule has 0 unspecified atom stereocenters. The molecule has 0 bridgehead atoms. The second-order valence-corrected chi connectivity index (χ2v) is 4.87. The smallest absolute Gasteiger partial charge is 0.0801 e. The van der Waals surface area contributed by atoms with Gasteiger partial charge in [-0.05, 0) is 32.9 Å². The lowest BCUT2D eigenvalue weighted by atomic mass is 10.1. The molecule has 0 saturated carbocycles. The minimum absolute atomic E-state index is 0.0247. The first-order valence-electron chi connectivity index (χ1n) is 5.52. The van der Waals surface area contributed by atoms with Crippen molar-refractivity contribution in [3.05, 3.63) is 29.8 Å². The monoisotopic (exact) mass is 205 g/mol. The maximum Gasteiger partial charge on any atom is 0.0801 e. The SMILES string of the molecule is Cc1ccc(N2CCOC(C)(C)C2)cc1. The second kappa shape index (κ2) is 3.86. The van der Waals surface area contributed by atoms with E-state index in [1.807, 2.05) is 0 Å². The molecule has 1 aromatic carbocycles. The molecule has 1 heterocycles. The summed E-state index contributed by atoms with van der Waals surface area (Å²) in [6.45, 7) is 9.19. The Labute approximate surface area is 91.9 Å². The number of ether oxygens (including phenoxy) is 1. The molecule has 1 fully saturated rings. The van der Waals surface area contributed by atoms with E-state index in [1.165, 1.54) is 11.3 Å². The van der Waals surface area contributed by atoms with Crippen LogP contribution in [-0.2, 0) is 4.74 Å². The topological polar surface area (TPSA) is 12.5 Å². The van der Waals surface area contributed by atoms with Crippen LogP contribution in [0.5, 0.6) is 0 Å². The highest BCUT2D eigenvalue weighted by atomic mass is 16.5. The summed E-state index contributed by atoms with van der Waals surface area (Å²) in [7, 11) is 0. The van der Waals surface area contributed by atoms with Gasteiger partial charge in [0, 0.05) is 18.8 Å². The van der Waals surface area contributed by atoms with Gasteiger partial charge in [-0.15, -0.1) is 0 Å². The van der Waals surface area contributed by atoms with Crippen molar-refractivity contribution in [1.29, 1.82) is 0 Å². The van der Waals surface area contributed by atoms with Crippen LogP contribution in [-0.4, -0.2) is 25.3 Å². The third-order valence-electron chi connectivity index (χ3n) is 2.82. The summed E-state index contributed by atoms with van der Waals surface area (Å²) < 4.78 is 5.70. The third-order valence-corrected chi connectivity index (χ3v) is 2.82. The number of nitrogens with zero attached hydrogens (tertiary/aromatic N) is 1. The van der Waals surface area contributed by atoms with Gasteiger partial charge in [0.2, 0.25) is 0 Å². The highest BCUT2D eigenvalue weighted by Crippen LogP contribution is 2.23. The first-order chi connectivity index (χ1) is 7.07. The Bertz CT molecular complexity index is 329. The lowest BCUT2D eigenvalue weighted by Crippen LogP contribution is -2.48. The number of hydrogen-bond donors (Lipinski definition) is 0. The van der Waals surface area contributed by atoms with E-state index in [0.717, 1.165) is 19.7 Å². The predicted molar refractivity (Wildman–Crippen MR) is 63.4 cm³/mol. The first kappa shape index (κ1) is 10.5. The Balaban J connectivity index is 2.13. The standard InChI is InChI=1S/C13H19NO/c1-11-4-6-12(7-5-11)14-8-9-15-13(2,3)10-14/h4-7H,8-10H2,1-3H3. The van der Waals surface area contributed by atoms with E-state index in [4.69, 9.17) is 4.74 Å². The average Bonchev–Trinajstić information content (AvgIpc) is 2.17. The zero-order valence-electron chi connectivity index (χ0n) is 9.79. The molecular weight excluding hydrogens is 186 g/mol. The van der Waals surface area contributed by atoms with Crippen LogP contribution in [0.4, 0.5) is 5.69 Å². The molecule has 82 valence electrons. The molecule has 2 heteroatoms. The molecule has 0 aliphatic carbocycles. The molecule has 0 amide bonds. The number of benzene rings is 1. The highest BCUT2D eigenvalue weighted by molar-refractivity contribution is 5.48. The van der Waals surface area contributed by atoms with E-state index >= 15 is 0 Å². The van der Waals surface area contributed by atoms with E-state index in [1.54, 1.807) is 0 Å². The molecule has 2 nitrogen and oxygen atoms in total. The molecule has 2 rings (SSSR count). The van der Waals surface area contributed by atoms with Crippen molar-refractivity contribution in [3.63, 3.8) is 0 Å². The van der Waals surface area contributed by atoms with Crippen LogP contribution in [0.2, 0.25) is 0 Å². The van der Waals surface area contributed by atoms with Gasteiger partial charge in [0.05, 0.1) is 12.2 Å². The zero-order valence-corrected chi connectivity index (χ0v) is 9.79. The number of rotatable bonds is 1. The van der Waals surface area contributed by atoms with Crippen molar-refractivity contribution in [2.75, 3.05) is 24.6 Å². The molecule has 0 radical (unpaired) electrons. The summed E-state index contributed by atoms with van der Waals surface area (Å²) in [6, 6.07) is 8.71. The van der Waals surface area contributed by atoms with E-state index in [9.17, 15) is 0 Å². The molecule has 1 aliphatic heterocycles. The van der Waals surface area contributed by atoms with Gasteiger partial charge in [-0.25, -0.2) is 0 Å². The molecule has 0 atom stereocenters. The van der Waals surface area contributed by atoms with Gasteiger partial charge in [0.15, 0.2) is 0 Å². The van der Waals surface area contributed by atoms with Gasteiger partial charge in [-0.3, -0.25) is 0 Å². The Morgan fingerprint density at radius 1 is 1.20 bits per heavy atom. The van der Waals surface area contributed by atoms with Crippen LogP contribution in [0, 0.1) is 6.92 Å². The van der Waals surface area contributed by atoms with Gasteiger partial charge in [-0.1, -0.05) is 17.7 Å². The Hall–Kier alpha value is -1.02. The van der Waals surface area contributed by atoms with Gasteiger partial charge in [0.25, 0.3) is 0 Å². The third kappa shape index (κ3) is 2.51. The molecule has 1 aliphatic rings. The van der Waals surface area contributed by atoms with Gasteiger partial charge in [0.1, 0.15) is 0 Å². The van der Waals surface area contributed by atoms with Crippen LogP contribution < -0.4 is 4.90 Å². The Morgan fingerprint density at radius 3 is 2.47 bits per heavy atom. The fourth-order valence-corrected chi connectivity index (χ4v) is 1.99. The maximum absolute atomic E-state index is 5.70. The first-order valence-corrected chi connectivity index (χ1v) is 5.52. The Morgan fingerprint density at radius 2 is 1.87 bits per heavy atom. The largest absolute Gasteiger partial charge is 0.372 e. The van der Waals surface area contributed by atoms with Crippen LogP contribution in [0.3, 0.4) is 0 Å². The summed E-state index contributed by atoms with van der Waals surface area (Å²) in [5.41, 5.74) is 2.59. The van der Waals surface area contributed by atoms with Crippen molar-refractivity contribution in [2.24, 2.45) is 0 Å². The van der Waals surface area contributed by atoms with Crippen molar-refractivity contribution >= 4 is 5.69 Å². The number of hydrogen-bond acceptors (Lipinski definition) is 2. The van der Waals surface area contributed by atoms with Gasteiger partial charge >= 0.3 is 0 Å². The summed E-state index contributed by atoms with van der Waals surface area (Å²) in [5.74, 6) is 0. The summed E-state index contributed by atoms with van der Waals surface area (Å²) in [6.07, 6.45) is 0.